The predicted molar refractivity (Wildman–Crippen MR) is 126 cm³/mol. The second kappa shape index (κ2) is 10.6. The molecule has 0 heterocycles. The summed E-state index contributed by atoms with van der Waals surface area (Å²) in [5.74, 6) is 0.227. The van der Waals surface area contributed by atoms with Gasteiger partial charge in [-0.25, -0.2) is 8.42 Å². The van der Waals surface area contributed by atoms with Gasteiger partial charge in [-0.1, -0.05) is 47.5 Å². The molecule has 3 aromatic rings. The number of hydrogen-bond donors (Lipinski definition) is 1. The van der Waals surface area contributed by atoms with Crippen molar-refractivity contribution in [3.63, 3.8) is 0 Å². The van der Waals surface area contributed by atoms with Gasteiger partial charge in [0, 0.05) is 17.3 Å². The summed E-state index contributed by atoms with van der Waals surface area (Å²) in [7, 11) is -3.94. The molecule has 0 aliphatic rings. The Hall–Kier alpha value is -2.87. The van der Waals surface area contributed by atoms with Crippen LogP contribution in [0.1, 0.15) is 18.1 Å². The predicted octanol–water partition coefficient (Wildman–Crippen LogP) is 4.88. The number of benzene rings is 3. The van der Waals surface area contributed by atoms with Gasteiger partial charge in [-0.15, -0.1) is 0 Å². The lowest BCUT2D eigenvalue weighted by Gasteiger charge is -2.22. The lowest BCUT2D eigenvalue weighted by atomic mass is 10.2. The van der Waals surface area contributed by atoms with Crippen molar-refractivity contribution in [2.75, 3.05) is 18.5 Å². The molecule has 3 aromatic carbocycles. The van der Waals surface area contributed by atoms with E-state index in [2.05, 4.69) is 5.32 Å². The van der Waals surface area contributed by atoms with Gasteiger partial charge in [0.05, 0.1) is 18.0 Å². The van der Waals surface area contributed by atoms with Crippen molar-refractivity contribution >= 4 is 33.2 Å². The molecule has 0 unspecified atom stereocenters. The molecule has 0 aliphatic carbocycles. The Balaban J connectivity index is 1.84. The monoisotopic (exact) mass is 472 g/mol. The number of sulfonamides is 1. The van der Waals surface area contributed by atoms with Crippen molar-refractivity contribution in [1.82, 2.24) is 4.31 Å². The molecule has 0 fully saturated rings. The van der Waals surface area contributed by atoms with Crippen LogP contribution in [-0.4, -0.2) is 31.8 Å². The largest absolute Gasteiger partial charge is 0.494 e. The van der Waals surface area contributed by atoms with Crippen LogP contribution in [0.3, 0.4) is 0 Å². The summed E-state index contributed by atoms with van der Waals surface area (Å²) in [5.41, 5.74) is 2.09. The van der Waals surface area contributed by atoms with Crippen LogP contribution in [0.25, 0.3) is 0 Å². The molecule has 0 saturated carbocycles. The number of carbonyl (C=O) groups excluding carboxylic acids is 1. The lowest BCUT2D eigenvalue weighted by Crippen LogP contribution is -2.37. The van der Waals surface area contributed by atoms with Crippen molar-refractivity contribution < 1.29 is 17.9 Å². The summed E-state index contributed by atoms with van der Waals surface area (Å²) >= 11 is 6.26. The normalized spacial score (nSPS) is 11.4. The fourth-order valence-electron chi connectivity index (χ4n) is 3.06. The number of anilines is 1. The molecule has 0 radical (unpaired) electrons. The van der Waals surface area contributed by atoms with Crippen molar-refractivity contribution in [3.8, 4) is 5.75 Å². The first-order chi connectivity index (χ1) is 15.3. The van der Waals surface area contributed by atoms with E-state index in [1.165, 1.54) is 12.1 Å². The van der Waals surface area contributed by atoms with E-state index in [0.29, 0.717) is 28.6 Å². The minimum absolute atomic E-state index is 0.0351. The molecular weight excluding hydrogens is 448 g/mol. The molecule has 0 bridgehead atoms. The van der Waals surface area contributed by atoms with E-state index in [-0.39, 0.29) is 18.0 Å². The molecule has 0 aromatic heterocycles. The molecule has 168 valence electrons. The Kier molecular flexibility index (Phi) is 7.90. The highest BCUT2D eigenvalue weighted by molar-refractivity contribution is 7.89. The first-order valence-corrected chi connectivity index (χ1v) is 11.9. The van der Waals surface area contributed by atoms with E-state index in [4.69, 9.17) is 16.3 Å². The number of nitrogens with zero attached hydrogens (tertiary/aromatic N) is 1. The van der Waals surface area contributed by atoms with Gasteiger partial charge >= 0.3 is 0 Å². The van der Waals surface area contributed by atoms with E-state index in [1.807, 2.05) is 13.8 Å². The van der Waals surface area contributed by atoms with Gasteiger partial charge in [0.25, 0.3) is 0 Å². The van der Waals surface area contributed by atoms with Crippen LogP contribution in [-0.2, 0) is 21.4 Å². The van der Waals surface area contributed by atoms with E-state index >= 15 is 0 Å². The Morgan fingerprint density at radius 2 is 1.66 bits per heavy atom. The second-order valence-electron chi connectivity index (χ2n) is 7.18. The number of hydrogen-bond acceptors (Lipinski definition) is 4. The third-order valence-electron chi connectivity index (χ3n) is 4.73. The zero-order chi connectivity index (χ0) is 23.1. The average molecular weight is 473 g/mol. The van der Waals surface area contributed by atoms with Crippen LogP contribution in [0.2, 0.25) is 5.02 Å². The summed E-state index contributed by atoms with van der Waals surface area (Å²) in [6.45, 7) is 3.90. The first kappa shape index (κ1) is 23.8. The van der Waals surface area contributed by atoms with Gasteiger partial charge in [-0.3, -0.25) is 4.79 Å². The summed E-state index contributed by atoms with van der Waals surface area (Å²) in [6, 6.07) is 20.4. The number of ether oxygens (including phenoxy) is 1. The molecule has 6 nitrogen and oxygen atoms in total. The highest BCUT2D eigenvalue weighted by Gasteiger charge is 2.27. The second-order valence-corrected chi connectivity index (χ2v) is 9.53. The smallest absolute Gasteiger partial charge is 0.243 e. The van der Waals surface area contributed by atoms with E-state index in [0.717, 1.165) is 9.87 Å². The molecule has 32 heavy (non-hydrogen) atoms. The molecule has 0 aliphatic heterocycles. The number of aryl methyl sites for hydroxylation is 1. The van der Waals surface area contributed by atoms with E-state index in [1.54, 1.807) is 60.7 Å². The van der Waals surface area contributed by atoms with Crippen molar-refractivity contribution in [2.45, 2.75) is 25.3 Å². The van der Waals surface area contributed by atoms with Crippen LogP contribution in [0, 0.1) is 6.92 Å². The standard InChI is InChI=1S/C24H25ClN2O4S/c1-3-31-21-12-10-20(11-13-21)26-24(28)17-27(16-19-6-4-5-7-23(19)25)32(29,30)22-14-8-18(2)9-15-22/h4-15H,3,16-17H2,1-2H3,(H,26,28). The number of rotatable bonds is 9. The average Bonchev–Trinajstić information content (AvgIpc) is 2.76. The quantitative estimate of drug-likeness (QED) is 0.481. The van der Waals surface area contributed by atoms with Gasteiger partial charge < -0.3 is 10.1 Å². The van der Waals surface area contributed by atoms with Crippen LogP contribution < -0.4 is 10.1 Å². The summed E-state index contributed by atoms with van der Waals surface area (Å²) in [6.07, 6.45) is 0. The summed E-state index contributed by atoms with van der Waals surface area (Å²) in [5, 5.41) is 3.18. The van der Waals surface area contributed by atoms with E-state index < -0.39 is 15.9 Å². The molecule has 8 heteroatoms. The molecule has 1 amide bonds. The minimum atomic E-state index is -3.94. The topological polar surface area (TPSA) is 75.7 Å². The molecule has 0 atom stereocenters. The first-order valence-electron chi connectivity index (χ1n) is 10.1. The van der Waals surface area contributed by atoms with Gasteiger partial charge in [0.15, 0.2) is 0 Å². The van der Waals surface area contributed by atoms with Crippen LogP contribution >= 0.6 is 11.6 Å². The SMILES string of the molecule is CCOc1ccc(NC(=O)CN(Cc2ccccc2Cl)S(=O)(=O)c2ccc(C)cc2)cc1. The molecular formula is C24H25ClN2O4S. The fraction of sp³-hybridized carbons (Fsp3) is 0.208. The minimum Gasteiger partial charge on any atom is -0.494 e. The third kappa shape index (κ3) is 6.09. The zero-order valence-corrected chi connectivity index (χ0v) is 19.5. The van der Waals surface area contributed by atoms with Crippen LogP contribution in [0.5, 0.6) is 5.75 Å². The van der Waals surface area contributed by atoms with Gasteiger partial charge in [-0.05, 0) is 61.9 Å². The Bertz CT molecular complexity index is 1160. The van der Waals surface area contributed by atoms with E-state index in [9.17, 15) is 13.2 Å². The number of nitrogens with one attached hydrogen (secondary N) is 1. The molecule has 1 N–H and O–H groups in total. The molecule has 0 spiro atoms. The van der Waals surface area contributed by atoms with Crippen molar-refractivity contribution in [1.29, 1.82) is 0 Å². The third-order valence-corrected chi connectivity index (χ3v) is 6.91. The van der Waals surface area contributed by atoms with Crippen LogP contribution in [0.15, 0.2) is 77.7 Å². The Labute approximate surface area is 193 Å². The summed E-state index contributed by atoms with van der Waals surface area (Å²) < 4.78 is 33.2. The lowest BCUT2D eigenvalue weighted by molar-refractivity contribution is -0.116. The van der Waals surface area contributed by atoms with Crippen LogP contribution in [0.4, 0.5) is 5.69 Å². The maximum atomic E-state index is 13.4. The number of carbonyl (C=O) groups is 1. The fourth-order valence-corrected chi connectivity index (χ4v) is 4.63. The maximum Gasteiger partial charge on any atom is 0.243 e. The Morgan fingerprint density at radius 3 is 2.28 bits per heavy atom. The van der Waals surface area contributed by atoms with Gasteiger partial charge in [-0.2, -0.15) is 4.31 Å². The number of amides is 1. The van der Waals surface area contributed by atoms with Gasteiger partial charge in [0.2, 0.25) is 15.9 Å². The maximum absolute atomic E-state index is 13.4. The Morgan fingerprint density at radius 1 is 1.00 bits per heavy atom. The number of halogens is 1. The van der Waals surface area contributed by atoms with Crippen molar-refractivity contribution in [2.24, 2.45) is 0 Å². The zero-order valence-electron chi connectivity index (χ0n) is 17.9. The highest BCUT2D eigenvalue weighted by Crippen LogP contribution is 2.23. The molecule has 0 saturated heterocycles. The molecule has 3 rings (SSSR count). The highest BCUT2D eigenvalue weighted by atomic mass is 35.5. The summed E-state index contributed by atoms with van der Waals surface area (Å²) in [4.78, 5) is 12.9. The van der Waals surface area contributed by atoms with Crippen molar-refractivity contribution in [3.05, 3.63) is 88.9 Å². The van der Waals surface area contributed by atoms with Gasteiger partial charge in [0.1, 0.15) is 5.75 Å².